The van der Waals surface area contributed by atoms with E-state index in [0.29, 0.717) is 6.61 Å². The number of hydrogen-bond donors (Lipinski definition) is 1. The summed E-state index contributed by atoms with van der Waals surface area (Å²) in [4.78, 5) is 0. The third kappa shape index (κ3) is 0.779. The van der Waals surface area contributed by atoms with E-state index in [2.05, 4.69) is 0 Å². The zero-order valence-corrected chi connectivity index (χ0v) is 5.88. The third-order valence-corrected chi connectivity index (χ3v) is 2.48. The smallest absolute Gasteiger partial charge is 0.106 e. The Hall–Kier alpha value is -0.120. The average Bonchev–Trinajstić information content (AvgIpc) is 2.04. The largest absolute Gasteiger partial charge is 0.388 e. The molecule has 3 nitrogen and oxygen atoms in total. The molecule has 0 amide bonds. The van der Waals surface area contributed by atoms with Crippen LogP contribution in [0, 0.1) is 0 Å². The number of ether oxygens (including phenoxy) is 2. The lowest BCUT2D eigenvalue weighted by atomic mass is 9.84. The van der Waals surface area contributed by atoms with Crippen LogP contribution < -0.4 is 0 Å². The Balaban J connectivity index is 1.99. The van der Waals surface area contributed by atoms with Gasteiger partial charge in [-0.05, 0) is 0 Å². The van der Waals surface area contributed by atoms with Crippen molar-refractivity contribution in [3.8, 4) is 0 Å². The Morgan fingerprint density at radius 1 is 1.30 bits per heavy atom. The highest BCUT2D eigenvalue weighted by molar-refractivity contribution is 4.97. The van der Waals surface area contributed by atoms with Crippen LogP contribution in [-0.4, -0.2) is 36.6 Å². The molecule has 0 aliphatic carbocycles. The lowest BCUT2D eigenvalue weighted by Crippen LogP contribution is -2.60. The highest BCUT2D eigenvalue weighted by Crippen LogP contribution is 2.36. The minimum Gasteiger partial charge on any atom is -0.388 e. The van der Waals surface area contributed by atoms with E-state index in [1.165, 1.54) is 0 Å². The predicted molar refractivity (Wildman–Crippen MR) is 34.7 cm³/mol. The molecule has 1 N–H and O–H groups in total. The number of aliphatic hydroxyl groups excluding tert-OH is 1. The number of aliphatic hydroxyl groups is 1. The summed E-state index contributed by atoms with van der Waals surface area (Å²) < 4.78 is 10.5. The summed E-state index contributed by atoms with van der Waals surface area (Å²) in [6.45, 7) is 1.98. The summed E-state index contributed by atoms with van der Waals surface area (Å²) in [7, 11) is 0. The second-order valence-corrected chi connectivity index (χ2v) is 3.00. The van der Waals surface area contributed by atoms with Gasteiger partial charge in [-0.3, -0.25) is 0 Å². The van der Waals surface area contributed by atoms with E-state index >= 15 is 0 Å². The van der Waals surface area contributed by atoms with Crippen LogP contribution in [0.5, 0.6) is 0 Å². The monoisotopic (exact) mass is 144 g/mol. The van der Waals surface area contributed by atoms with Crippen LogP contribution in [0.2, 0.25) is 0 Å². The van der Waals surface area contributed by atoms with Gasteiger partial charge in [0, 0.05) is 26.1 Å². The van der Waals surface area contributed by atoms with Gasteiger partial charge in [0.1, 0.15) is 11.7 Å². The van der Waals surface area contributed by atoms with E-state index in [1.807, 2.05) is 0 Å². The van der Waals surface area contributed by atoms with Gasteiger partial charge >= 0.3 is 0 Å². The van der Waals surface area contributed by atoms with Crippen molar-refractivity contribution < 1.29 is 14.6 Å². The fourth-order valence-electron chi connectivity index (χ4n) is 1.59. The van der Waals surface area contributed by atoms with Gasteiger partial charge in [0.05, 0.1) is 6.61 Å². The fraction of sp³-hybridized carbons (Fsp3) is 1.00. The Morgan fingerprint density at radius 2 is 2.00 bits per heavy atom. The molecule has 0 saturated carbocycles. The fourth-order valence-corrected chi connectivity index (χ4v) is 1.59. The molecule has 2 rings (SSSR count). The minimum absolute atomic E-state index is 0.210. The molecular weight excluding hydrogens is 132 g/mol. The van der Waals surface area contributed by atoms with Crippen LogP contribution in [0.1, 0.15) is 12.8 Å². The quantitative estimate of drug-likeness (QED) is 0.517. The minimum atomic E-state index is -0.239. The standard InChI is InChI=1S/C7H12O3/c8-6-5-10-7(6)1-3-9-4-2-7/h6,8H,1-5H2. The zero-order chi connectivity index (χ0) is 7.03. The van der Waals surface area contributed by atoms with Crippen LogP contribution >= 0.6 is 0 Å². The molecule has 0 bridgehead atoms. The maximum absolute atomic E-state index is 9.34. The van der Waals surface area contributed by atoms with Crippen molar-refractivity contribution in [2.24, 2.45) is 0 Å². The molecule has 1 unspecified atom stereocenters. The molecule has 0 aromatic heterocycles. The van der Waals surface area contributed by atoms with Gasteiger partial charge in [0.25, 0.3) is 0 Å². The lowest BCUT2D eigenvalue weighted by molar-refractivity contribution is -0.264. The van der Waals surface area contributed by atoms with E-state index in [-0.39, 0.29) is 11.7 Å². The Morgan fingerprint density at radius 3 is 2.30 bits per heavy atom. The van der Waals surface area contributed by atoms with Crippen molar-refractivity contribution in [2.75, 3.05) is 19.8 Å². The topological polar surface area (TPSA) is 38.7 Å². The zero-order valence-electron chi connectivity index (χ0n) is 5.88. The van der Waals surface area contributed by atoms with Crippen molar-refractivity contribution in [3.63, 3.8) is 0 Å². The van der Waals surface area contributed by atoms with E-state index in [4.69, 9.17) is 9.47 Å². The van der Waals surface area contributed by atoms with Crippen LogP contribution in [0.15, 0.2) is 0 Å². The summed E-state index contributed by atoms with van der Waals surface area (Å²) >= 11 is 0. The normalized spacial score (nSPS) is 37.5. The van der Waals surface area contributed by atoms with Gasteiger partial charge in [0.2, 0.25) is 0 Å². The lowest BCUT2D eigenvalue weighted by Gasteiger charge is -2.48. The Kier molecular flexibility index (Phi) is 1.44. The van der Waals surface area contributed by atoms with Crippen molar-refractivity contribution >= 4 is 0 Å². The summed E-state index contributed by atoms with van der Waals surface area (Å²) in [6, 6.07) is 0. The predicted octanol–water partition coefficient (Wildman–Crippen LogP) is -0.0733. The maximum Gasteiger partial charge on any atom is 0.106 e. The van der Waals surface area contributed by atoms with Crippen LogP contribution in [-0.2, 0) is 9.47 Å². The molecule has 0 aromatic rings. The molecule has 2 saturated heterocycles. The van der Waals surface area contributed by atoms with Gasteiger partial charge in [-0.15, -0.1) is 0 Å². The maximum atomic E-state index is 9.34. The van der Waals surface area contributed by atoms with Gasteiger partial charge in [0.15, 0.2) is 0 Å². The first-order chi connectivity index (χ1) is 4.83. The number of hydrogen-bond acceptors (Lipinski definition) is 3. The molecule has 2 heterocycles. The molecule has 10 heavy (non-hydrogen) atoms. The van der Waals surface area contributed by atoms with Crippen molar-refractivity contribution in [2.45, 2.75) is 24.5 Å². The average molecular weight is 144 g/mol. The van der Waals surface area contributed by atoms with Gasteiger partial charge in [-0.1, -0.05) is 0 Å². The summed E-state index contributed by atoms with van der Waals surface area (Å²) in [5.41, 5.74) is -0.210. The van der Waals surface area contributed by atoms with Gasteiger partial charge in [-0.2, -0.15) is 0 Å². The van der Waals surface area contributed by atoms with Crippen molar-refractivity contribution in [3.05, 3.63) is 0 Å². The van der Waals surface area contributed by atoms with Crippen LogP contribution in [0.3, 0.4) is 0 Å². The summed E-state index contributed by atoms with van der Waals surface area (Å²) in [5, 5.41) is 9.34. The van der Waals surface area contributed by atoms with E-state index in [9.17, 15) is 5.11 Å². The molecule has 2 fully saturated rings. The SMILES string of the molecule is OC1COC12CCOCC2. The first kappa shape index (κ1) is 6.58. The Bertz CT molecular complexity index is 129. The molecule has 3 heteroatoms. The molecule has 58 valence electrons. The third-order valence-electron chi connectivity index (χ3n) is 2.48. The van der Waals surface area contributed by atoms with Gasteiger partial charge in [-0.25, -0.2) is 0 Å². The molecular formula is C7H12O3. The molecule has 1 atom stereocenters. The highest BCUT2D eigenvalue weighted by atomic mass is 16.6. The van der Waals surface area contributed by atoms with E-state index < -0.39 is 0 Å². The van der Waals surface area contributed by atoms with E-state index in [1.54, 1.807) is 0 Å². The second kappa shape index (κ2) is 2.19. The molecule has 2 aliphatic heterocycles. The molecule has 0 radical (unpaired) electrons. The molecule has 2 aliphatic rings. The Labute approximate surface area is 59.9 Å². The molecule has 0 aromatic carbocycles. The summed E-state index contributed by atoms with van der Waals surface area (Å²) in [5.74, 6) is 0. The highest BCUT2D eigenvalue weighted by Gasteiger charge is 2.48. The van der Waals surface area contributed by atoms with Crippen LogP contribution in [0.4, 0.5) is 0 Å². The van der Waals surface area contributed by atoms with Crippen molar-refractivity contribution in [1.82, 2.24) is 0 Å². The first-order valence-electron chi connectivity index (χ1n) is 3.73. The van der Waals surface area contributed by atoms with Crippen LogP contribution in [0.25, 0.3) is 0 Å². The second-order valence-electron chi connectivity index (χ2n) is 3.00. The van der Waals surface area contributed by atoms with Gasteiger partial charge < -0.3 is 14.6 Å². The summed E-state index contributed by atoms with van der Waals surface area (Å²) in [6.07, 6.45) is 1.47. The number of rotatable bonds is 0. The van der Waals surface area contributed by atoms with E-state index in [0.717, 1.165) is 26.1 Å². The van der Waals surface area contributed by atoms with Crippen molar-refractivity contribution in [1.29, 1.82) is 0 Å². The molecule has 1 spiro atoms. The first-order valence-corrected chi connectivity index (χ1v) is 3.73.